The number of methoxy groups -OCH3 is 1. The molecule has 5 rings (SSSR count). The molecule has 178 valence electrons. The summed E-state index contributed by atoms with van der Waals surface area (Å²) in [5.41, 5.74) is 1.96. The fraction of sp³-hybridized carbons (Fsp3) is 0.407. The number of carbonyl (C=O) groups excluding carboxylic acids is 1. The highest BCUT2D eigenvalue weighted by Crippen LogP contribution is 2.28. The number of anilines is 2. The SMILES string of the molecule is CCN1CCN(C(=O)c2ccc3ccnc(N4CCN(c5ccc(OC)cc5)CC4)c3c2)CC1. The van der Waals surface area contributed by atoms with Crippen LogP contribution in [0, 0.1) is 0 Å². The van der Waals surface area contributed by atoms with Gasteiger partial charge in [0.2, 0.25) is 0 Å². The number of hydrogen-bond acceptors (Lipinski definition) is 6. The number of benzene rings is 2. The van der Waals surface area contributed by atoms with Crippen molar-refractivity contribution < 1.29 is 9.53 Å². The van der Waals surface area contributed by atoms with Gasteiger partial charge in [-0.25, -0.2) is 4.98 Å². The molecule has 2 fully saturated rings. The van der Waals surface area contributed by atoms with Crippen molar-refractivity contribution in [3.05, 3.63) is 60.3 Å². The molecule has 0 bridgehead atoms. The van der Waals surface area contributed by atoms with Crippen LogP contribution in [0.3, 0.4) is 0 Å². The van der Waals surface area contributed by atoms with Crippen molar-refractivity contribution in [2.75, 3.05) is 75.8 Å². The average molecular weight is 460 g/mol. The lowest BCUT2D eigenvalue weighted by atomic mass is 10.1. The van der Waals surface area contributed by atoms with E-state index in [-0.39, 0.29) is 5.91 Å². The molecule has 2 saturated heterocycles. The van der Waals surface area contributed by atoms with Crippen molar-refractivity contribution in [2.45, 2.75) is 6.92 Å². The standard InChI is InChI=1S/C27H33N5O2/c1-3-29-12-14-32(15-13-29)27(33)22-5-4-21-10-11-28-26(25(21)20-22)31-18-16-30(17-19-31)23-6-8-24(34-2)9-7-23/h4-11,20H,3,12-19H2,1-2H3. The van der Waals surface area contributed by atoms with Crippen LogP contribution in [0.1, 0.15) is 17.3 Å². The van der Waals surface area contributed by atoms with Gasteiger partial charge in [0.15, 0.2) is 0 Å². The zero-order chi connectivity index (χ0) is 23.5. The number of carbonyl (C=O) groups is 1. The van der Waals surface area contributed by atoms with Crippen molar-refractivity contribution in [1.82, 2.24) is 14.8 Å². The lowest BCUT2D eigenvalue weighted by Crippen LogP contribution is -2.48. The van der Waals surface area contributed by atoms with Gasteiger partial charge in [-0.15, -0.1) is 0 Å². The molecule has 0 atom stereocenters. The van der Waals surface area contributed by atoms with Gasteiger partial charge in [0.25, 0.3) is 5.91 Å². The molecule has 34 heavy (non-hydrogen) atoms. The molecule has 0 spiro atoms. The fourth-order valence-electron chi connectivity index (χ4n) is 4.96. The Kier molecular flexibility index (Phi) is 6.54. The van der Waals surface area contributed by atoms with E-state index in [1.54, 1.807) is 7.11 Å². The highest BCUT2D eigenvalue weighted by atomic mass is 16.5. The summed E-state index contributed by atoms with van der Waals surface area (Å²) in [4.78, 5) is 27.1. The molecule has 3 heterocycles. The van der Waals surface area contributed by atoms with Crippen molar-refractivity contribution in [2.24, 2.45) is 0 Å². The number of pyridine rings is 1. The zero-order valence-corrected chi connectivity index (χ0v) is 20.1. The molecule has 0 N–H and O–H groups in total. The third-order valence-corrected chi connectivity index (χ3v) is 7.12. The lowest BCUT2D eigenvalue weighted by molar-refractivity contribution is 0.0643. The van der Waals surface area contributed by atoms with Gasteiger partial charge in [0, 0.05) is 75.2 Å². The maximum absolute atomic E-state index is 13.2. The summed E-state index contributed by atoms with van der Waals surface area (Å²) < 4.78 is 5.28. The second-order valence-electron chi connectivity index (χ2n) is 8.97. The van der Waals surface area contributed by atoms with Crippen molar-refractivity contribution >= 4 is 28.2 Å². The summed E-state index contributed by atoms with van der Waals surface area (Å²) in [7, 11) is 1.69. The maximum Gasteiger partial charge on any atom is 0.253 e. The first-order valence-corrected chi connectivity index (χ1v) is 12.2. The first kappa shape index (κ1) is 22.5. The van der Waals surface area contributed by atoms with E-state index in [0.717, 1.165) is 86.8 Å². The zero-order valence-electron chi connectivity index (χ0n) is 20.1. The molecular formula is C27H33N5O2. The molecule has 3 aromatic rings. The minimum Gasteiger partial charge on any atom is -0.497 e. The highest BCUT2D eigenvalue weighted by molar-refractivity contribution is 6.01. The van der Waals surface area contributed by atoms with Crippen LogP contribution in [0.15, 0.2) is 54.7 Å². The van der Waals surface area contributed by atoms with Gasteiger partial charge in [-0.1, -0.05) is 13.0 Å². The Morgan fingerprint density at radius 1 is 0.882 bits per heavy atom. The van der Waals surface area contributed by atoms with E-state index in [0.29, 0.717) is 0 Å². The minimum atomic E-state index is 0.122. The molecule has 2 aliphatic heterocycles. The molecule has 7 heteroatoms. The Hall–Kier alpha value is -3.32. The van der Waals surface area contributed by atoms with Crippen molar-refractivity contribution in [1.29, 1.82) is 0 Å². The van der Waals surface area contributed by atoms with Gasteiger partial charge in [-0.05, 0) is 54.4 Å². The van der Waals surface area contributed by atoms with E-state index in [1.807, 2.05) is 41.4 Å². The fourth-order valence-corrected chi connectivity index (χ4v) is 4.96. The summed E-state index contributed by atoms with van der Waals surface area (Å²) >= 11 is 0. The first-order valence-electron chi connectivity index (χ1n) is 12.2. The van der Waals surface area contributed by atoms with Gasteiger partial charge in [-0.3, -0.25) is 4.79 Å². The smallest absolute Gasteiger partial charge is 0.253 e. The maximum atomic E-state index is 13.2. The Bertz CT molecular complexity index is 1130. The number of ether oxygens (including phenoxy) is 1. The van der Waals surface area contributed by atoms with Gasteiger partial charge < -0.3 is 24.3 Å². The number of nitrogens with zero attached hydrogens (tertiary/aromatic N) is 5. The molecule has 0 unspecified atom stereocenters. The van der Waals surface area contributed by atoms with Crippen LogP contribution < -0.4 is 14.5 Å². The summed E-state index contributed by atoms with van der Waals surface area (Å²) in [5, 5.41) is 2.17. The summed E-state index contributed by atoms with van der Waals surface area (Å²) in [6.45, 7) is 10.3. The molecule has 2 aromatic carbocycles. The van der Waals surface area contributed by atoms with Gasteiger partial charge in [0.1, 0.15) is 11.6 Å². The number of hydrogen-bond donors (Lipinski definition) is 0. The largest absolute Gasteiger partial charge is 0.497 e. The highest BCUT2D eigenvalue weighted by Gasteiger charge is 2.23. The minimum absolute atomic E-state index is 0.122. The Morgan fingerprint density at radius 2 is 1.59 bits per heavy atom. The summed E-state index contributed by atoms with van der Waals surface area (Å²) in [5.74, 6) is 1.97. The molecule has 1 aromatic heterocycles. The quantitative estimate of drug-likeness (QED) is 0.583. The predicted octanol–water partition coefficient (Wildman–Crippen LogP) is 3.35. The predicted molar refractivity (Wildman–Crippen MR) is 137 cm³/mol. The molecular weight excluding hydrogens is 426 g/mol. The number of fused-ring (bicyclic) bond motifs is 1. The monoisotopic (exact) mass is 459 g/mol. The number of amides is 1. The molecule has 2 aliphatic rings. The van der Waals surface area contributed by atoms with Crippen LogP contribution in [0.5, 0.6) is 5.75 Å². The van der Waals surface area contributed by atoms with Crippen LogP contribution in [-0.2, 0) is 0 Å². The van der Waals surface area contributed by atoms with Crippen LogP contribution in [-0.4, -0.2) is 86.7 Å². The van der Waals surface area contributed by atoms with Crippen molar-refractivity contribution in [3.63, 3.8) is 0 Å². The Balaban J connectivity index is 1.32. The lowest BCUT2D eigenvalue weighted by Gasteiger charge is -2.37. The van der Waals surface area contributed by atoms with E-state index < -0.39 is 0 Å². The van der Waals surface area contributed by atoms with E-state index in [4.69, 9.17) is 9.72 Å². The van der Waals surface area contributed by atoms with Gasteiger partial charge >= 0.3 is 0 Å². The molecule has 0 saturated carbocycles. The van der Waals surface area contributed by atoms with Crippen LogP contribution >= 0.6 is 0 Å². The summed E-state index contributed by atoms with van der Waals surface area (Å²) in [6, 6.07) is 16.3. The first-order chi connectivity index (χ1) is 16.7. The topological polar surface area (TPSA) is 52.2 Å². The van der Waals surface area contributed by atoms with Crippen LogP contribution in [0.4, 0.5) is 11.5 Å². The van der Waals surface area contributed by atoms with E-state index in [1.165, 1.54) is 5.69 Å². The average Bonchev–Trinajstić information content (AvgIpc) is 2.92. The molecule has 0 aliphatic carbocycles. The second-order valence-corrected chi connectivity index (χ2v) is 8.97. The van der Waals surface area contributed by atoms with Gasteiger partial charge in [0.05, 0.1) is 7.11 Å². The second kappa shape index (κ2) is 9.89. The number of rotatable bonds is 5. The third kappa shape index (κ3) is 4.53. The van der Waals surface area contributed by atoms with Crippen molar-refractivity contribution in [3.8, 4) is 5.75 Å². The van der Waals surface area contributed by atoms with E-state index in [9.17, 15) is 4.79 Å². The number of piperazine rings is 2. The Morgan fingerprint density at radius 3 is 2.26 bits per heavy atom. The summed E-state index contributed by atoms with van der Waals surface area (Å²) in [6.07, 6.45) is 1.87. The van der Waals surface area contributed by atoms with Crippen LogP contribution in [0.2, 0.25) is 0 Å². The van der Waals surface area contributed by atoms with Crippen LogP contribution in [0.25, 0.3) is 10.8 Å². The number of likely N-dealkylation sites (N-methyl/N-ethyl adjacent to an activating group) is 1. The number of aromatic nitrogens is 1. The normalized spacial score (nSPS) is 17.3. The Labute approximate surface area is 201 Å². The molecule has 0 radical (unpaired) electrons. The molecule has 7 nitrogen and oxygen atoms in total. The van der Waals surface area contributed by atoms with E-state index in [2.05, 4.69) is 39.8 Å². The van der Waals surface area contributed by atoms with Gasteiger partial charge in [-0.2, -0.15) is 0 Å². The third-order valence-electron chi connectivity index (χ3n) is 7.12. The molecule has 1 amide bonds. The van der Waals surface area contributed by atoms with E-state index >= 15 is 0 Å².